The van der Waals surface area contributed by atoms with Gasteiger partial charge in [-0.25, -0.2) is 0 Å². The SMILES string of the molecule is CCC(CC)S(=O)(=O)Oc1ccncc1. The number of rotatable bonds is 5. The molecule has 0 aliphatic rings. The van der Waals surface area contributed by atoms with Crippen LogP contribution in [0.1, 0.15) is 26.7 Å². The minimum Gasteiger partial charge on any atom is -0.382 e. The van der Waals surface area contributed by atoms with Gasteiger partial charge in [-0.2, -0.15) is 8.42 Å². The molecule has 0 radical (unpaired) electrons. The van der Waals surface area contributed by atoms with E-state index in [0.29, 0.717) is 18.6 Å². The summed E-state index contributed by atoms with van der Waals surface area (Å²) in [4.78, 5) is 3.79. The number of aromatic nitrogens is 1. The van der Waals surface area contributed by atoms with Crippen LogP contribution in [0.2, 0.25) is 0 Å². The van der Waals surface area contributed by atoms with Crippen LogP contribution in [0.5, 0.6) is 5.75 Å². The third-order valence-corrected chi connectivity index (χ3v) is 4.09. The summed E-state index contributed by atoms with van der Waals surface area (Å²) in [5, 5.41) is -0.439. The average molecular weight is 229 g/mol. The van der Waals surface area contributed by atoms with E-state index in [1.807, 2.05) is 13.8 Å². The van der Waals surface area contributed by atoms with Crippen molar-refractivity contribution in [2.24, 2.45) is 0 Å². The molecule has 0 fully saturated rings. The van der Waals surface area contributed by atoms with Crippen LogP contribution >= 0.6 is 0 Å². The summed E-state index contributed by atoms with van der Waals surface area (Å²) in [6.45, 7) is 3.67. The van der Waals surface area contributed by atoms with E-state index in [1.54, 1.807) is 0 Å². The van der Waals surface area contributed by atoms with Crippen molar-refractivity contribution in [3.05, 3.63) is 24.5 Å². The first-order chi connectivity index (χ1) is 7.10. The Morgan fingerprint density at radius 2 is 1.80 bits per heavy atom. The van der Waals surface area contributed by atoms with Crippen LogP contribution in [-0.4, -0.2) is 18.7 Å². The molecule has 1 rings (SSSR count). The summed E-state index contributed by atoms with van der Waals surface area (Å²) in [6.07, 6.45) is 4.11. The van der Waals surface area contributed by atoms with E-state index in [4.69, 9.17) is 4.18 Å². The Labute approximate surface area is 90.4 Å². The van der Waals surface area contributed by atoms with Gasteiger partial charge in [-0.3, -0.25) is 4.98 Å². The monoisotopic (exact) mass is 229 g/mol. The second-order valence-electron chi connectivity index (χ2n) is 3.20. The fourth-order valence-corrected chi connectivity index (χ4v) is 2.62. The smallest absolute Gasteiger partial charge is 0.312 e. The highest BCUT2D eigenvalue weighted by atomic mass is 32.2. The molecule has 0 amide bonds. The first-order valence-corrected chi connectivity index (χ1v) is 6.40. The average Bonchev–Trinajstić information content (AvgIpc) is 2.19. The first-order valence-electron chi connectivity index (χ1n) is 4.93. The molecule has 84 valence electrons. The van der Waals surface area contributed by atoms with Crippen LogP contribution in [0.3, 0.4) is 0 Å². The van der Waals surface area contributed by atoms with Crippen LogP contribution in [0.15, 0.2) is 24.5 Å². The molecule has 4 nitrogen and oxygen atoms in total. The molecule has 0 aliphatic carbocycles. The fourth-order valence-electron chi connectivity index (χ4n) is 1.29. The Bertz CT molecular complexity index is 384. The van der Waals surface area contributed by atoms with Gasteiger partial charge >= 0.3 is 10.1 Å². The van der Waals surface area contributed by atoms with Crippen LogP contribution < -0.4 is 4.18 Å². The molecule has 0 spiro atoms. The van der Waals surface area contributed by atoms with Gasteiger partial charge in [-0.05, 0) is 12.8 Å². The zero-order chi connectivity index (χ0) is 11.3. The van der Waals surface area contributed by atoms with Gasteiger partial charge in [-0.1, -0.05) is 13.8 Å². The molecule has 0 unspecified atom stereocenters. The number of nitrogens with zero attached hydrogens (tertiary/aromatic N) is 1. The zero-order valence-electron chi connectivity index (χ0n) is 8.88. The molecule has 0 aliphatic heterocycles. The molecule has 0 saturated carbocycles. The van der Waals surface area contributed by atoms with Gasteiger partial charge in [-0.15, -0.1) is 0 Å². The molecule has 0 aromatic carbocycles. The number of pyridine rings is 1. The van der Waals surface area contributed by atoms with Crippen LogP contribution in [0.4, 0.5) is 0 Å². The lowest BCUT2D eigenvalue weighted by Crippen LogP contribution is -2.24. The third-order valence-electron chi connectivity index (χ3n) is 2.18. The third kappa shape index (κ3) is 3.20. The van der Waals surface area contributed by atoms with E-state index in [0.717, 1.165) is 0 Å². The topological polar surface area (TPSA) is 56.3 Å². The van der Waals surface area contributed by atoms with Crippen molar-refractivity contribution < 1.29 is 12.6 Å². The Morgan fingerprint density at radius 3 is 2.27 bits per heavy atom. The molecular weight excluding hydrogens is 214 g/mol. The quantitative estimate of drug-likeness (QED) is 0.724. The van der Waals surface area contributed by atoms with E-state index in [2.05, 4.69) is 4.98 Å². The summed E-state index contributed by atoms with van der Waals surface area (Å²) in [7, 11) is -3.50. The van der Waals surface area contributed by atoms with Crippen molar-refractivity contribution in [2.75, 3.05) is 0 Å². The van der Waals surface area contributed by atoms with Crippen LogP contribution in [-0.2, 0) is 10.1 Å². The lowest BCUT2D eigenvalue weighted by atomic mass is 10.3. The summed E-state index contributed by atoms with van der Waals surface area (Å²) < 4.78 is 28.4. The van der Waals surface area contributed by atoms with E-state index in [-0.39, 0.29) is 0 Å². The minimum atomic E-state index is -3.50. The maximum Gasteiger partial charge on any atom is 0.312 e. The van der Waals surface area contributed by atoms with Crippen LogP contribution in [0, 0.1) is 0 Å². The summed E-state index contributed by atoms with van der Waals surface area (Å²) >= 11 is 0. The molecule has 0 atom stereocenters. The maximum absolute atomic E-state index is 11.7. The lowest BCUT2D eigenvalue weighted by Gasteiger charge is -2.13. The predicted molar refractivity (Wildman–Crippen MR) is 58.2 cm³/mol. The highest BCUT2D eigenvalue weighted by Gasteiger charge is 2.23. The molecule has 1 heterocycles. The predicted octanol–water partition coefficient (Wildman–Crippen LogP) is 1.98. The highest BCUT2D eigenvalue weighted by molar-refractivity contribution is 7.87. The fraction of sp³-hybridized carbons (Fsp3) is 0.500. The van der Waals surface area contributed by atoms with Gasteiger partial charge in [0.25, 0.3) is 0 Å². The maximum atomic E-state index is 11.7. The van der Waals surface area contributed by atoms with Gasteiger partial charge in [0.15, 0.2) is 0 Å². The van der Waals surface area contributed by atoms with Gasteiger partial charge in [0.05, 0.1) is 5.25 Å². The Morgan fingerprint density at radius 1 is 1.27 bits per heavy atom. The van der Waals surface area contributed by atoms with Crippen LogP contribution in [0.25, 0.3) is 0 Å². The second kappa shape index (κ2) is 5.11. The summed E-state index contributed by atoms with van der Waals surface area (Å²) in [5.41, 5.74) is 0. The van der Waals surface area contributed by atoms with E-state index in [1.165, 1.54) is 24.5 Å². The zero-order valence-corrected chi connectivity index (χ0v) is 9.70. The molecule has 1 aromatic rings. The first kappa shape index (κ1) is 12.0. The largest absolute Gasteiger partial charge is 0.382 e. The molecule has 1 aromatic heterocycles. The van der Waals surface area contributed by atoms with Gasteiger partial charge in [0.1, 0.15) is 5.75 Å². The molecular formula is C10H15NO3S. The molecule has 15 heavy (non-hydrogen) atoms. The van der Waals surface area contributed by atoms with Crippen molar-refractivity contribution in [3.63, 3.8) is 0 Å². The van der Waals surface area contributed by atoms with E-state index < -0.39 is 15.4 Å². The summed E-state index contributed by atoms with van der Waals surface area (Å²) in [6, 6.07) is 3.06. The molecule has 0 bridgehead atoms. The van der Waals surface area contributed by atoms with Gasteiger partial charge in [0, 0.05) is 24.5 Å². The molecule has 0 saturated heterocycles. The van der Waals surface area contributed by atoms with Crippen molar-refractivity contribution in [2.45, 2.75) is 31.9 Å². The van der Waals surface area contributed by atoms with E-state index >= 15 is 0 Å². The number of hydrogen-bond donors (Lipinski definition) is 0. The van der Waals surface area contributed by atoms with Gasteiger partial charge < -0.3 is 4.18 Å². The van der Waals surface area contributed by atoms with Crippen molar-refractivity contribution in [1.29, 1.82) is 0 Å². The Kier molecular flexibility index (Phi) is 4.08. The summed E-state index contributed by atoms with van der Waals surface area (Å²) in [5.74, 6) is 0.317. The highest BCUT2D eigenvalue weighted by Crippen LogP contribution is 2.17. The molecule has 0 N–H and O–H groups in total. The standard InChI is InChI=1S/C10H15NO3S/c1-3-10(4-2)15(12,13)14-9-5-7-11-8-6-9/h5-8,10H,3-4H2,1-2H3. The molecule has 5 heteroatoms. The lowest BCUT2D eigenvalue weighted by molar-refractivity contribution is 0.465. The van der Waals surface area contributed by atoms with Crippen molar-refractivity contribution >= 4 is 10.1 Å². The normalized spacial score (nSPS) is 11.7. The van der Waals surface area contributed by atoms with Gasteiger partial charge in [0.2, 0.25) is 0 Å². The minimum absolute atomic E-state index is 0.317. The van der Waals surface area contributed by atoms with E-state index in [9.17, 15) is 8.42 Å². The van der Waals surface area contributed by atoms with Crippen molar-refractivity contribution in [1.82, 2.24) is 4.98 Å². The number of hydrogen-bond acceptors (Lipinski definition) is 4. The Hall–Kier alpha value is -1.10. The Balaban J connectivity index is 2.81. The van der Waals surface area contributed by atoms with Crippen molar-refractivity contribution in [3.8, 4) is 5.75 Å². The second-order valence-corrected chi connectivity index (χ2v) is 5.02.